The van der Waals surface area contributed by atoms with Gasteiger partial charge in [0.1, 0.15) is 11.7 Å². The summed E-state index contributed by atoms with van der Waals surface area (Å²) < 4.78 is 23.3. The van der Waals surface area contributed by atoms with E-state index in [2.05, 4.69) is 43.9 Å². The number of anilines is 1. The molecular weight excluding hydrogens is 378 g/mol. The summed E-state index contributed by atoms with van der Waals surface area (Å²) in [4.78, 5) is 18.8. The van der Waals surface area contributed by atoms with Crippen molar-refractivity contribution in [2.75, 3.05) is 11.3 Å². The highest BCUT2D eigenvalue weighted by atomic mass is 32.2. The smallest absolute Gasteiger partial charge is 0.360 e. The minimum atomic E-state index is -2.41. The number of carbonyl (C=O) groups is 1. The van der Waals surface area contributed by atoms with Crippen LogP contribution in [0.4, 0.5) is 5.69 Å². The summed E-state index contributed by atoms with van der Waals surface area (Å²) in [5, 5.41) is 8.79. The highest BCUT2D eigenvalue weighted by Crippen LogP contribution is 2.23. The van der Waals surface area contributed by atoms with E-state index in [1.165, 1.54) is 29.8 Å². The molecule has 0 aliphatic rings. The van der Waals surface area contributed by atoms with Crippen molar-refractivity contribution < 1.29 is 13.6 Å². The fourth-order valence-corrected chi connectivity index (χ4v) is 3.17. The van der Waals surface area contributed by atoms with Gasteiger partial charge in [0.2, 0.25) is 10.0 Å². The van der Waals surface area contributed by atoms with Crippen LogP contribution in [0.1, 0.15) is 35.2 Å². The second-order valence-corrected chi connectivity index (χ2v) is 6.84. The van der Waals surface area contributed by atoms with Crippen LogP contribution in [0, 0.1) is 0 Å². The van der Waals surface area contributed by atoms with Gasteiger partial charge in [-0.15, -0.1) is 0 Å². The molecule has 0 bridgehead atoms. The van der Waals surface area contributed by atoms with Gasteiger partial charge in [0.25, 0.3) is 0 Å². The molecule has 2 unspecified atom stereocenters. The van der Waals surface area contributed by atoms with Crippen LogP contribution in [0.5, 0.6) is 0 Å². The van der Waals surface area contributed by atoms with Gasteiger partial charge in [0, 0.05) is 40.1 Å². The third-order valence-electron chi connectivity index (χ3n) is 4.38. The number of hydrogen-bond acceptors (Lipinski definition) is 4. The van der Waals surface area contributed by atoms with Gasteiger partial charge in [-0.3, -0.25) is 9.00 Å². The lowest BCUT2D eigenvalue weighted by Crippen LogP contribution is -2.03. The van der Waals surface area contributed by atoms with Crippen molar-refractivity contribution in [2.45, 2.75) is 19.3 Å². The SMILES string of the molecule is CCC(CN=[N+]=NC(=O)c1ccc(NS(=O)[O-])cc1)c1ccc2[nH]ccc2c1. The van der Waals surface area contributed by atoms with Crippen LogP contribution in [0.15, 0.2) is 65.0 Å². The minimum absolute atomic E-state index is 0.187. The Kier molecular flexibility index (Phi) is 6.44. The Bertz CT molecular complexity index is 1050. The van der Waals surface area contributed by atoms with E-state index in [1.807, 2.05) is 18.3 Å². The van der Waals surface area contributed by atoms with Crippen molar-refractivity contribution in [3.8, 4) is 0 Å². The van der Waals surface area contributed by atoms with Crippen LogP contribution in [-0.4, -0.2) is 26.2 Å². The number of carbonyl (C=O) groups excluding carboxylic acids is 1. The second-order valence-electron chi connectivity index (χ2n) is 6.16. The van der Waals surface area contributed by atoms with Gasteiger partial charge in [-0.05, 0) is 59.8 Å². The largest absolute Gasteiger partial charge is 0.755 e. The van der Waals surface area contributed by atoms with Crippen LogP contribution in [-0.2, 0) is 11.3 Å². The number of benzene rings is 2. The molecule has 2 aromatic carbocycles. The molecule has 9 heteroatoms. The van der Waals surface area contributed by atoms with E-state index < -0.39 is 17.2 Å². The molecule has 3 rings (SSSR count). The average Bonchev–Trinajstić information content (AvgIpc) is 3.16. The topological polar surface area (TPSA) is 124 Å². The van der Waals surface area contributed by atoms with E-state index >= 15 is 0 Å². The van der Waals surface area contributed by atoms with Gasteiger partial charge in [-0.1, -0.05) is 13.0 Å². The molecule has 0 aliphatic heterocycles. The maximum atomic E-state index is 12.0. The van der Waals surface area contributed by atoms with Crippen LogP contribution >= 0.6 is 0 Å². The fourth-order valence-electron chi connectivity index (χ4n) is 2.84. The van der Waals surface area contributed by atoms with Crippen LogP contribution < -0.4 is 9.63 Å². The molecular formula is C19H19N5O3S. The van der Waals surface area contributed by atoms with Crippen molar-refractivity contribution in [3.63, 3.8) is 0 Å². The first kappa shape index (κ1) is 19.6. The van der Waals surface area contributed by atoms with Crippen molar-refractivity contribution in [1.29, 1.82) is 0 Å². The standard InChI is InChI=1S/C19H19N5O3S/c1-2-13(15-5-8-18-16(11-15)9-10-20-18)12-21-24-22-19(25)14-3-6-17(7-4-14)23-28(26)27/h3-11,13,20H,2,12H2,1H3,(H-,23,25,26,27). The van der Waals surface area contributed by atoms with Gasteiger partial charge in [0.15, 0.2) is 0 Å². The Morgan fingerprint density at radius 3 is 2.75 bits per heavy atom. The zero-order valence-electron chi connectivity index (χ0n) is 15.2. The maximum absolute atomic E-state index is 12.0. The summed E-state index contributed by atoms with van der Waals surface area (Å²) in [6.07, 6.45) is 2.79. The monoisotopic (exact) mass is 397 g/mol. The quantitative estimate of drug-likeness (QED) is 0.359. The van der Waals surface area contributed by atoms with Gasteiger partial charge in [-0.2, -0.15) is 0 Å². The molecule has 0 saturated heterocycles. The molecule has 2 N–H and O–H groups in total. The van der Waals surface area contributed by atoms with Crippen molar-refractivity contribution in [2.24, 2.45) is 10.2 Å². The molecule has 8 nitrogen and oxygen atoms in total. The number of nitrogens with zero attached hydrogens (tertiary/aromatic N) is 3. The lowest BCUT2D eigenvalue weighted by molar-refractivity contribution is 0.0992. The summed E-state index contributed by atoms with van der Waals surface area (Å²) >= 11 is -2.41. The first-order chi connectivity index (χ1) is 13.6. The number of aromatic amines is 1. The van der Waals surface area contributed by atoms with Crippen molar-refractivity contribution >= 4 is 33.8 Å². The summed E-state index contributed by atoms with van der Waals surface area (Å²) in [7, 11) is 0. The Labute approximate surface area is 164 Å². The molecule has 1 heterocycles. The Morgan fingerprint density at radius 1 is 1.25 bits per heavy atom. The molecule has 1 aromatic heterocycles. The highest BCUT2D eigenvalue weighted by molar-refractivity contribution is 7.80. The zero-order chi connectivity index (χ0) is 19.9. The number of aromatic nitrogens is 1. The Balaban J connectivity index is 1.63. The Morgan fingerprint density at radius 2 is 2.04 bits per heavy atom. The van der Waals surface area contributed by atoms with Crippen molar-refractivity contribution in [3.05, 3.63) is 65.9 Å². The van der Waals surface area contributed by atoms with Gasteiger partial charge < -0.3 is 14.3 Å². The van der Waals surface area contributed by atoms with E-state index in [-0.39, 0.29) is 5.92 Å². The molecule has 3 aromatic rings. The molecule has 28 heavy (non-hydrogen) atoms. The predicted octanol–water partition coefficient (Wildman–Crippen LogP) is 3.68. The number of H-pyrrole nitrogens is 1. The number of rotatable bonds is 7. The molecule has 2 atom stereocenters. The number of amides is 1. The number of fused-ring (bicyclic) bond motifs is 1. The molecule has 0 spiro atoms. The second kappa shape index (κ2) is 9.18. The van der Waals surface area contributed by atoms with E-state index in [1.54, 1.807) is 0 Å². The predicted molar refractivity (Wildman–Crippen MR) is 107 cm³/mol. The maximum Gasteiger partial charge on any atom is 0.360 e. The van der Waals surface area contributed by atoms with Gasteiger partial charge in [0.05, 0.1) is 0 Å². The van der Waals surface area contributed by atoms with Crippen LogP contribution in [0.25, 0.3) is 10.9 Å². The molecule has 0 aliphatic carbocycles. The number of hydrogen-bond donors (Lipinski definition) is 2. The first-order valence-corrected chi connectivity index (χ1v) is 9.79. The third kappa shape index (κ3) is 4.98. The molecule has 144 valence electrons. The van der Waals surface area contributed by atoms with Gasteiger partial charge >= 0.3 is 5.91 Å². The Hall–Kier alpha value is -3.13. The average molecular weight is 397 g/mol. The molecule has 0 saturated carbocycles. The molecule has 0 fully saturated rings. The first-order valence-electron chi connectivity index (χ1n) is 8.71. The van der Waals surface area contributed by atoms with Gasteiger partial charge in [-0.25, -0.2) is 0 Å². The summed E-state index contributed by atoms with van der Waals surface area (Å²) in [6, 6.07) is 14.1. The molecule has 1 amide bonds. The number of nitrogens with one attached hydrogen (secondary N) is 2. The normalized spacial score (nSPS) is 12.8. The van der Waals surface area contributed by atoms with Crippen LogP contribution in [0.2, 0.25) is 0 Å². The highest BCUT2D eigenvalue weighted by Gasteiger charge is 2.13. The van der Waals surface area contributed by atoms with E-state index in [9.17, 15) is 13.6 Å². The fraction of sp³-hybridized carbons (Fsp3) is 0.211. The van der Waals surface area contributed by atoms with Crippen LogP contribution in [0.3, 0.4) is 0 Å². The molecule has 0 radical (unpaired) electrons. The summed E-state index contributed by atoms with van der Waals surface area (Å²) in [5.74, 6) is -0.355. The van der Waals surface area contributed by atoms with E-state index in [4.69, 9.17) is 0 Å². The lowest BCUT2D eigenvalue weighted by atomic mass is 9.96. The third-order valence-corrected chi connectivity index (χ3v) is 4.78. The van der Waals surface area contributed by atoms with E-state index in [0.717, 1.165) is 17.3 Å². The van der Waals surface area contributed by atoms with Crippen molar-refractivity contribution in [1.82, 2.24) is 9.90 Å². The van der Waals surface area contributed by atoms with E-state index in [0.29, 0.717) is 17.8 Å². The zero-order valence-corrected chi connectivity index (χ0v) is 16.0. The lowest BCUT2D eigenvalue weighted by Gasteiger charge is -2.09. The minimum Gasteiger partial charge on any atom is -0.755 e. The summed E-state index contributed by atoms with van der Waals surface area (Å²) in [6.45, 7) is 2.51. The summed E-state index contributed by atoms with van der Waals surface area (Å²) in [5.41, 5.74) is 2.91.